The van der Waals surface area contributed by atoms with Crippen LogP contribution in [0.2, 0.25) is 5.02 Å². The third-order valence-corrected chi connectivity index (χ3v) is 4.00. The van der Waals surface area contributed by atoms with Crippen molar-refractivity contribution < 1.29 is 9.90 Å². The van der Waals surface area contributed by atoms with Gasteiger partial charge in [0.2, 0.25) is 0 Å². The average molecular weight is 330 g/mol. The Labute approximate surface area is 117 Å². The fourth-order valence-electron chi connectivity index (χ4n) is 1.72. The second-order valence-electron chi connectivity index (χ2n) is 3.86. The van der Waals surface area contributed by atoms with Crippen LogP contribution >= 0.6 is 27.5 Å². The van der Waals surface area contributed by atoms with Crippen molar-refractivity contribution in [3.05, 3.63) is 44.6 Å². The van der Waals surface area contributed by atoms with Gasteiger partial charge in [-0.3, -0.25) is 0 Å². The molecular formula is C12H10BrClN2O2. The molecule has 0 bridgehead atoms. The highest BCUT2D eigenvalue weighted by Crippen LogP contribution is 2.26. The minimum atomic E-state index is -1.01. The molecule has 4 nitrogen and oxygen atoms in total. The van der Waals surface area contributed by atoms with Gasteiger partial charge in [0.05, 0.1) is 27.1 Å². The summed E-state index contributed by atoms with van der Waals surface area (Å²) in [6.07, 6.45) is 0. The highest BCUT2D eigenvalue weighted by Gasteiger charge is 2.17. The summed E-state index contributed by atoms with van der Waals surface area (Å²) in [5, 5.41) is 14.0. The third kappa shape index (κ3) is 2.15. The Bertz CT molecular complexity index is 637. The number of halogens is 2. The molecule has 1 aromatic carbocycles. The van der Waals surface area contributed by atoms with E-state index in [0.29, 0.717) is 10.7 Å². The first-order valence-corrected chi connectivity index (χ1v) is 6.34. The second-order valence-corrected chi connectivity index (χ2v) is 5.09. The van der Waals surface area contributed by atoms with E-state index >= 15 is 0 Å². The molecule has 18 heavy (non-hydrogen) atoms. The van der Waals surface area contributed by atoms with Gasteiger partial charge in [-0.2, -0.15) is 5.10 Å². The number of aromatic carboxylic acids is 1. The Morgan fingerprint density at radius 1 is 1.44 bits per heavy atom. The molecule has 0 atom stereocenters. The molecule has 1 aromatic heterocycles. The monoisotopic (exact) mass is 328 g/mol. The Morgan fingerprint density at radius 2 is 2.11 bits per heavy atom. The van der Waals surface area contributed by atoms with Crippen LogP contribution in [0.3, 0.4) is 0 Å². The lowest BCUT2D eigenvalue weighted by atomic mass is 10.2. The first-order valence-electron chi connectivity index (χ1n) is 5.16. The van der Waals surface area contributed by atoms with Gasteiger partial charge in [0.15, 0.2) is 0 Å². The van der Waals surface area contributed by atoms with Crippen LogP contribution in [0.25, 0.3) is 5.69 Å². The van der Waals surface area contributed by atoms with Crippen molar-refractivity contribution in [3.63, 3.8) is 0 Å². The van der Waals surface area contributed by atoms with Crippen LogP contribution in [-0.2, 0) is 0 Å². The molecule has 0 aliphatic carbocycles. The normalized spacial score (nSPS) is 10.7. The van der Waals surface area contributed by atoms with Crippen molar-refractivity contribution >= 4 is 33.5 Å². The number of carboxylic acid groups (broad SMARTS) is 1. The number of aryl methyl sites for hydroxylation is 1. The van der Waals surface area contributed by atoms with Crippen molar-refractivity contribution in [2.75, 3.05) is 0 Å². The second kappa shape index (κ2) is 4.74. The smallest absolute Gasteiger partial charge is 0.337 e. The lowest BCUT2D eigenvalue weighted by molar-refractivity contribution is 0.0696. The summed E-state index contributed by atoms with van der Waals surface area (Å²) in [5.41, 5.74) is 2.25. The van der Waals surface area contributed by atoms with E-state index < -0.39 is 5.97 Å². The van der Waals surface area contributed by atoms with Crippen LogP contribution in [0.5, 0.6) is 0 Å². The minimum Gasteiger partial charge on any atom is -0.478 e. The topological polar surface area (TPSA) is 55.1 Å². The average Bonchev–Trinajstić information content (AvgIpc) is 2.56. The van der Waals surface area contributed by atoms with Crippen molar-refractivity contribution in [1.82, 2.24) is 9.78 Å². The summed E-state index contributed by atoms with van der Waals surface area (Å²) >= 11 is 9.34. The molecule has 0 unspecified atom stereocenters. The Kier molecular flexibility index (Phi) is 3.45. The summed E-state index contributed by atoms with van der Waals surface area (Å²) in [4.78, 5) is 11.2. The number of hydrogen-bond donors (Lipinski definition) is 1. The van der Waals surface area contributed by atoms with E-state index in [9.17, 15) is 9.90 Å². The van der Waals surface area contributed by atoms with E-state index in [1.54, 1.807) is 16.8 Å². The van der Waals surface area contributed by atoms with Crippen LogP contribution in [0.4, 0.5) is 0 Å². The molecule has 0 amide bonds. The third-order valence-electron chi connectivity index (χ3n) is 2.62. The summed E-state index contributed by atoms with van der Waals surface area (Å²) in [7, 11) is 0. The van der Waals surface area contributed by atoms with Gasteiger partial charge in [-0.15, -0.1) is 0 Å². The van der Waals surface area contributed by atoms with Crippen LogP contribution in [-0.4, -0.2) is 20.9 Å². The maximum atomic E-state index is 11.2. The maximum absolute atomic E-state index is 11.2. The molecule has 0 spiro atoms. The molecule has 2 rings (SSSR count). The lowest BCUT2D eigenvalue weighted by Gasteiger charge is -2.08. The number of rotatable bonds is 2. The van der Waals surface area contributed by atoms with Gasteiger partial charge in [0.25, 0.3) is 0 Å². The molecule has 1 heterocycles. The Balaban J connectivity index is 2.73. The summed E-state index contributed by atoms with van der Waals surface area (Å²) in [5.74, 6) is -1.01. The molecular weight excluding hydrogens is 320 g/mol. The summed E-state index contributed by atoms with van der Waals surface area (Å²) < 4.78 is 2.44. The lowest BCUT2D eigenvalue weighted by Crippen LogP contribution is -2.08. The summed E-state index contributed by atoms with van der Waals surface area (Å²) in [6, 6.07) is 4.62. The minimum absolute atomic E-state index is 0.164. The number of benzene rings is 1. The highest BCUT2D eigenvalue weighted by atomic mass is 79.9. The summed E-state index contributed by atoms with van der Waals surface area (Å²) in [6.45, 7) is 3.70. The van der Waals surface area contributed by atoms with Gasteiger partial charge in [-0.1, -0.05) is 11.6 Å². The standard InChI is InChI=1S/C12H10BrClN2O2/c1-6-11(13)7(2)16(15-6)10-5-8(14)3-4-9(10)12(17)18/h3-5H,1-2H3,(H,17,18). The number of nitrogens with zero attached hydrogens (tertiary/aromatic N) is 2. The number of carboxylic acids is 1. The van der Waals surface area contributed by atoms with Crippen molar-refractivity contribution in [2.24, 2.45) is 0 Å². The first kappa shape index (κ1) is 13.1. The first-order chi connectivity index (χ1) is 8.41. The molecule has 0 saturated carbocycles. The maximum Gasteiger partial charge on any atom is 0.337 e. The van der Waals surface area contributed by atoms with E-state index in [4.69, 9.17) is 11.6 Å². The molecule has 0 aliphatic rings. The zero-order valence-corrected chi connectivity index (χ0v) is 12.1. The van der Waals surface area contributed by atoms with Gasteiger partial charge in [0.1, 0.15) is 0 Å². The largest absolute Gasteiger partial charge is 0.478 e. The molecule has 94 valence electrons. The molecule has 1 N–H and O–H groups in total. The van der Waals surface area contributed by atoms with E-state index in [2.05, 4.69) is 21.0 Å². The SMILES string of the molecule is Cc1nn(-c2cc(Cl)ccc2C(=O)O)c(C)c1Br. The molecule has 0 radical (unpaired) electrons. The zero-order chi connectivity index (χ0) is 13.4. The predicted molar refractivity (Wildman–Crippen MR) is 72.7 cm³/mol. The fraction of sp³-hybridized carbons (Fsp3) is 0.167. The highest BCUT2D eigenvalue weighted by molar-refractivity contribution is 9.10. The van der Waals surface area contributed by atoms with Gasteiger partial charge in [-0.05, 0) is 48.0 Å². The Hall–Kier alpha value is -1.33. The van der Waals surface area contributed by atoms with Gasteiger partial charge in [0, 0.05) is 5.02 Å². The van der Waals surface area contributed by atoms with Crippen molar-refractivity contribution in [1.29, 1.82) is 0 Å². The number of hydrogen-bond acceptors (Lipinski definition) is 2. The van der Waals surface area contributed by atoms with Gasteiger partial charge >= 0.3 is 5.97 Å². The molecule has 0 saturated heterocycles. The van der Waals surface area contributed by atoms with Gasteiger partial charge in [-0.25, -0.2) is 9.48 Å². The Morgan fingerprint density at radius 3 is 2.61 bits per heavy atom. The van der Waals surface area contributed by atoms with E-state index in [0.717, 1.165) is 15.9 Å². The van der Waals surface area contributed by atoms with Crippen LogP contribution in [0.15, 0.2) is 22.7 Å². The van der Waals surface area contributed by atoms with E-state index in [1.165, 1.54) is 6.07 Å². The van der Waals surface area contributed by atoms with Crippen molar-refractivity contribution in [2.45, 2.75) is 13.8 Å². The van der Waals surface area contributed by atoms with E-state index in [1.807, 2.05) is 13.8 Å². The fourth-order valence-corrected chi connectivity index (χ4v) is 2.13. The number of aromatic nitrogens is 2. The molecule has 0 fully saturated rings. The van der Waals surface area contributed by atoms with Crippen LogP contribution in [0.1, 0.15) is 21.7 Å². The van der Waals surface area contributed by atoms with E-state index in [-0.39, 0.29) is 5.56 Å². The van der Waals surface area contributed by atoms with Crippen LogP contribution < -0.4 is 0 Å². The predicted octanol–water partition coefficient (Wildman–Crippen LogP) is 3.60. The molecule has 0 aliphatic heterocycles. The quantitative estimate of drug-likeness (QED) is 0.916. The number of carbonyl (C=O) groups is 1. The molecule has 2 aromatic rings. The zero-order valence-electron chi connectivity index (χ0n) is 9.74. The van der Waals surface area contributed by atoms with Crippen molar-refractivity contribution in [3.8, 4) is 5.69 Å². The van der Waals surface area contributed by atoms with Crippen LogP contribution in [0, 0.1) is 13.8 Å². The molecule has 6 heteroatoms. The van der Waals surface area contributed by atoms with Gasteiger partial charge < -0.3 is 5.11 Å².